The standard InChI is InChI=1S/C11H17N7O2/c12-11(17-13)15-9-8(10(20)16-11)14-5-7(19)18(9)6-3-1-2-4-6/h5-6,15,17H,1-4,12-13H2,(H,16,20). The smallest absolute Gasteiger partial charge is 0.277 e. The van der Waals surface area contributed by atoms with Gasteiger partial charge >= 0.3 is 0 Å². The highest BCUT2D eigenvalue weighted by atomic mass is 16.2. The Hall–Kier alpha value is -1.97. The quantitative estimate of drug-likeness (QED) is 0.253. The van der Waals surface area contributed by atoms with Crippen molar-refractivity contribution in [2.45, 2.75) is 37.6 Å². The average molecular weight is 279 g/mol. The van der Waals surface area contributed by atoms with Crippen molar-refractivity contribution >= 4 is 11.7 Å². The van der Waals surface area contributed by atoms with Crippen LogP contribution in [0.4, 0.5) is 5.82 Å². The first kappa shape index (κ1) is 13.0. The fourth-order valence-corrected chi connectivity index (χ4v) is 2.81. The van der Waals surface area contributed by atoms with Gasteiger partial charge in [0.1, 0.15) is 5.82 Å². The number of hydrogen-bond donors (Lipinski definition) is 5. The molecule has 0 radical (unpaired) electrons. The summed E-state index contributed by atoms with van der Waals surface area (Å²) in [4.78, 5) is 28.1. The Labute approximate surface area is 114 Å². The zero-order valence-corrected chi connectivity index (χ0v) is 10.8. The van der Waals surface area contributed by atoms with Gasteiger partial charge in [0, 0.05) is 6.04 Å². The molecular formula is C11H17N7O2. The summed E-state index contributed by atoms with van der Waals surface area (Å²) in [5, 5.41) is 5.30. The number of fused-ring (bicyclic) bond motifs is 1. The van der Waals surface area contributed by atoms with E-state index in [1.54, 1.807) is 4.57 Å². The number of hydrogen-bond acceptors (Lipinski definition) is 7. The lowest BCUT2D eigenvalue weighted by molar-refractivity contribution is 0.0875. The molecule has 1 aromatic rings. The predicted molar refractivity (Wildman–Crippen MR) is 71.3 cm³/mol. The molecule has 1 fully saturated rings. The summed E-state index contributed by atoms with van der Waals surface area (Å²) in [5.41, 5.74) is 8.03. The van der Waals surface area contributed by atoms with Crippen molar-refractivity contribution in [1.82, 2.24) is 20.3 Å². The molecule has 1 saturated carbocycles. The molecule has 0 aromatic carbocycles. The predicted octanol–water partition coefficient (Wildman–Crippen LogP) is -1.45. The number of rotatable bonds is 2. The molecule has 0 bridgehead atoms. The molecule has 2 heterocycles. The third-order valence-electron chi connectivity index (χ3n) is 3.77. The second-order valence-corrected chi connectivity index (χ2v) is 5.13. The third kappa shape index (κ3) is 1.96. The van der Waals surface area contributed by atoms with E-state index in [-0.39, 0.29) is 17.3 Å². The Kier molecular flexibility index (Phi) is 2.96. The summed E-state index contributed by atoms with van der Waals surface area (Å²) < 4.78 is 1.56. The molecule has 9 heteroatoms. The molecule has 20 heavy (non-hydrogen) atoms. The molecule has 1 unspecified atom stereocenters. The van der Waals surface area contributed by atoms with E-state index < -0.39 is 11.8 Å². The summed E-state index contributed by atoms with van der Waals surface area (Å²) in [5.74, 6) is 3.67. The lowest BCUT2D eigenvalue weighted by Crippen LogP contribution is -2.74. The van der Waals surface area contributed by atoms with Gasteiger partial charge in [-0.3, -0.25) is 25.7 Å². The molecule has 1 amide bonds. The van der Waals surface area contributed by atoms with Gasteiger partial charge in [0.05, 0.1) is 6.20 Å². The largest absolute Gasteiger partial charge is 0.321 e. The molecule has 1 aliphatic carbocycles. The molecule has 9 nitrogen and oxygen atoms in total. The maximum absolute atomic E-state index is 12.1. The van der Waals surface area contributed by atoms with Gasteiger partial charge < -0.3 is 10.6 Å². The molecule has 3 rings (SSSR count). The summed E-state index contributed by atoms with van der Waals surface area (Å²) in [7, 11) is 0. The number of hydrazine groups is 1. The van der Waals surface area contributed by atoms with Crippen molar-refractivity contribution in [1.29, 1.82) is 0 Å². The molecular weight excluding hydrogens is 262 g/mol. The van der Waals surface area contributed by atoms with Crippen LogP contribution in [0.2, 0.25) is 0 Å². The van der Waals surface area contributed by atoms with Gasteiger partial charge in [0.2, 0.25) is 5.91 Å². The van der Waals surface area contributed by atoms with E-state index in [9.17, 15) is 9.59 Å². The highest BCUT2D eigenvalue weighted by molar-refractivity contribution is 5.99. The second kappa shape index (κ2) is 4.54. The number of anilines is 1. The monoisotopic (exact) mass is 279 g/mol. The normalized spacial score (nSPS) is 26.0. The van der Waals surface area contributed by atoms with Crippen molar-refractivity contribution < 1.29 is 4.79 Å². The van der Waals surface area contributed by atoms with E-state index in [0.717, 1.165) is 31.9 Å². The van der Waals surface area contributed by atoms with Gasteiger partial charge in [0.15, 0.2) is 5.69 Å². The van der Waals surface area contributed by atoms with Crippen LogP contribution in [0.5, 0.6) is 0 Å². The fraction of sp³-hybridized carbons (Fsp3) is 0.545. The van der Waals surface area contributed by atoms with Gasteiger partial charge in [-0.2, -0.15) is 0 Å². The van der Waals surface area contributed by atoms with Crippen LogP contribution in [0.1, 0.15) is 42.2 Å². The van der Waals surface area contributed by atoms with Crippen LogP contribution in [0.25, 0.3) is 0 Å². The van der Waals surface area contributed by atoms with E-state index in [1.165, 1.54) is 0 Å². The Balaban J connectivity index is 2.14. The van der Waals surface area contributed by atoms with Crippen LogP contribution in [0.15, 0.2) is 11.0 Å². The topological polar surface area (TPSA) is 140 Å². The summed E-state index contributed by atoms with van der Waals surface area (Å²) in [6.07, 6.45) is 5.07. The summed E-state index contributed by atoms with van der Waals surface area (Å²) >= 11 is 0. The maximum Gasteiger partial charge on any atom is 0.277 e. The van der Waals surface area contributed by atoms with Gasteiger partial charge in [-0.05, 0) is 12.8 Å². The minimum atomic E-state index is -1.50. The molecule has 0 saturated heterocycles. The van der Waals surface area contributed by atoms with Crippen molar-refractivity contribution in [2.75, 3.05) is 5.32 Å². The van der Waals surface area contributed by atoms with Crippen LogP contribution in [-0.2, 0) is 0 Å². The summed E-state index contributed by atoms with van der Waals surface area (Å²) in [6, 6.07) is 0.0553. The SMILES string of the molecule is NNC1(N)NC(=O)c2ncc(=O)n(C3CCCC3)c2N1. The van der Waals surface area contributed by atoms with Crippen LogP contribution >= 0.6 is 0 Å². The number of nitrogens with one attached hydrogen (secondary N) is 3. The molecule has 0 spiro atoms. The van der Waals surface area contributed by atoms with Gasteiger partial charge in [-0.15, -0.1) is 0 Å². The van der Waals surface area contributed by atoms with E-state index in [4.69, 9.17) is 11.6 Å². The number of nitrogens with two attached hydrogens (primary N) is 2. The maximum atomic E-state index is 12.1. The molecule has 1 aromatic heterocycles. The first-order chi connectivity index (χ1) is 9.54. The Bertz CT molecular complexity index is 607. The number of nitrogens with zero attached hydrogens (tertiary/aromatic N) is 2. The fourth-order valence-electron chi connectivity index (χ4n) is 2.81. The van der Waals surface area contributed by atoms with Crippen LogP contribution < -0.4 is 33.2 Å². The average Bonchev–Trinajstić information content (AvgIpc) is 2.92. The molecule has 7 N–H and O–H groups in total. The lowest BCUT2D eigenvalue weighted by Gasteiger charge is -2.37. The van der Waals surface area contributed by atoms with Crippen molar-refractivity contribution in [3.8, 4) is 0 Å². The summed E-state index contributed by atoms with van der Waals surface area (Å²) in [6.45, 7) is 0. The van der Waals surface area contributed by atoms with Crippen LogP contribution in [0.3, 0.4) is 0 Å². The second-order valence-electron chi connectivity index (χ2n) is 5.13. The lowest BCUT2D eigenvalue weighted by atomic mass is 10.2. The zero-order valence-electron chi connectivity index (χ0n) is 10.8. The first-order valence-electron chi connectivity index (χ1n) is 6.53. The number of aromatic nitrogens is 2. The first-order valence-corrected chi connectivity index (χ1v) is 6.53. The number of amides is 1. The van der Waals surface area contributed by atoms with E-state index in [1.807, 2.05) is 0 Å². The van der Waals surface area contributed by atoms with Gasteiger partial charge in [0.25, 0.3) is 11.5 Å². The molecule has 1 atom stereocenters. The molecule has 2 aliphatic rings. The third-order valence-corrected chi connectivity index (χ3v) is 3.77. The highest BCUT2D eigenvalue weighted by Crippen LogP contribution is 2.32. The van der Waals surface area contributed by atoms with E-state index in [0.29, 0.717) is 5.82 Å². The van der Waals surface area contributed by atoms with Gasteiger partial charge in [-0.25, -0.2) is 10.4 Å². The molecule has 1 aliphatic heterocycles. The van der Waals surface area contributed by atoms with Crippen molar-refractivity contribution in [2.24, 2.45) is 11.6 Å². The highest BCUT2D eigenvalue weighted by Gasteiger charge is 2.37. The zero-order chi connectivity index (χ0) is 14.3. The van der Waals surface area contributed by atoms with Gasteiger partial charge in [-0.1, -0.05) is 12.8 Å². The van der Waals surface area contributed by atoms with E-state index in [2.05, 4.69) is 21.0 Å². The van der Waals surface area contributed by atoms with Crippen LogP contribution in [-0.4, -0.2) is 21.4 Å². The Morgan fingerprint density at radius 3 is 2.70 bits per heavy atom. The number of carbonyl (C=O) groups excluding carboxylic acids is 1. The number of carbonyl (C=O) groups is 1. The van der Waals surface area contributed by atoms with Crippen molar-refractivity contribution in [3.05, 3.63) is 22.2 Å². The van der Waals surface area contributed by atoms with E-state index >= 15 is 0 Å². The minimum Gasteiger partial charge on any atom is -0.321 e. The Morgan fingerprint density at radius 2 is 2.05 bits per heavy atom. The molecule has 108 valence electrons. The minimum absolute atomic E-state index is 0.0553. The Morgan fingerprint density at radius 1 is 1.35 bits per heavy atom. The van der Waals surface area contributed by atoms with Crippen molar-refractivity contribution in [3.63, 3.8) is 0 Å². The van der Waals surface area contributed by atoms with Crippen LogP contribution in [0, 0.1) is 0 Å².